The zero-order valence-electron chi connectivity index (χ0n) is 13.9. The van der Waals surface area contributed by atoms with Gasteiger partial charge in [0.1, 0.15) is 23.8 Å². The Morgan fingerprint density at radius 1 is 1.48 bits per heavy atom. The van der Waals surface area contributed by atoms with Crippen LogP contribution in [0.2, 0.25) is 0 Å². The minimum absolute atomic E-state index is 0.0791. The number of likely N-dealkylation sites (tertiary alicyclic amines) is 1. The zero-order chi connectivity index (χ0) is 17.4. The standard InChI is InChI=1S/C18H19FN2O4/c1-23-16-7-21(17(22)15-9-24-11-20-15)10-18(16)6-13(8-25-18)12-3-2-4-14(19)5-12/h2-5,9,11,13,16H,6-8,10H2,1H3/t13-,16+,18+/m0/s1. The third kappa shape index (κ3) is 2.83. The van der Waals surface area contributed by atoms with E-state index in [1.807, 2.05) is 6.07 Å². The van der Waals surface area contributed by atoms with Crippen LogP contribution < -0.4 is 0 Å². The number of hydrogen-bond acceptors (Lipinski definition) is 5. The number of nitrogens with zero attached hydrogens (tertiary/aromatic N) is 2. The number of rotatable bonds is 3. The molecule has 2 aromatic rings. The lowest BCUT2D eigenvalue weighted by Crippen LogP contribution is -2.42. The number of carbonyl (C=O) groups is 1. The molecule has 6 nitrogen and oxygen atoms in total. The van der Waals surface area contributed by atoms with Crippen LogP contribution in [0.4, 0.5) is 4.39 Å². The van der Waals surface area contributed by atoms with Gasteiger partial charge in [0.25, 0.3) is 5.91 Å². The average Bonchev–Trinajstić information content (AvgIpc) is 3.35. The molecule has 7 heteroatoms. The van der Waals surface area contributed by atoms with Crippen molar-refractivity contribution in [3.05, 3.63) is 54.0 Å². The molecule has 1 aromatic heterocycles. The number of oxazole rings is 1. The molecule has 0 unspecified atom stereocenters. The quantitative estimate of drug-likeness (QED) is 0.853. The predicted molar refractivity (Wildman–Crippen MR) is 85.6 cm³/mol. The molecule has 1 amide bonds. The van der Waals surface area contributed by atoms with Crippen molar-refractivity contribution in [3.63, 3.8) is 0 Å². The fourth-order valence-corrected chi connectivity index (χ4v) is 3.89. The maximum Gasteiger partial charge on any atom is 0.275 e. The molecule has 2 aliphatic heterocycles. The Morgan fingerprint density at radius 2 is 2.36 bits per heavy atom. The number of amides is 1. The molecule has 4 rings (SSSR count). The molecule has 3 heterocycles. The highest BCUT2D eigenvalue weighted by atomic mass is 19.1. The molecule has 2 fully saturated rings. The molecule has 2 aliphatic rings. The van der Waals surface area contributed by atoms with Crippen LogP contribution in [0, 0.1) is 5.82 Å². The van der Waals surface area contributed by atoms with Crippen molar-refractivity contribution in [3.8, 4) is 0 Å². The van der Waals surface area contributed by atoms with Gasteiger partial charge >= 0.3 is 0 Å². The van der Waals surface area contributed by atoms with Gasteiger partial charge in [-0.15, -0.1) is 0 Å². The largest absolute Gasteiger partial charge is 0.451 e. The second-order valence-electron chi connectivity index (χ2n) is 6.62. The Kier molecular flexibility index (Phi) is 4.05. The second kappa shape index (κ2) is 6.24. The van der Waals surface area contributed by atoms with E-state index in [0.717, 1.165) is 5.56 Å². The lowest BCUT2D eigenvalue weighted by Gasteiger charge is -2.28. The highest BCUT2D eigenvalue weighted by molar-refractivity contribution is 5.92. The molecule has 0 N–H and O–H groups in total. The summed E-state index contributed by atoms with van der Waals surface area (Å²) in [5.41, 5.74) is 0.602. The molecule has 1 aromatic carbocycles. The van der Waals surface area contributed by atoms with Crippen LogP contribution in [0.3, 0.4) is 0 Å². The fourth-order valence-electron chi connectivity index (χ4n) is 3.89. The van der Waals surface area contributed by atoms with E-state index in [9.17, 15) is 9.18 Å². The highest BCUT2D eigenvalue weighted by Crippen LogP contribution is 2.43. The van der Waals surface area contributed by atoms with Gasteiger partial charge in [-0.3, -0.25) is 4.79 Å². The van der Waals surface area contributed by atoms with Crippen molar-refractivity contribution in [2.75, 3.05) is 26.8 Å². The maximum absolute atomic E-state index is 13.5. The van der Waals surface area contributed by atoms with Gasteiger partial charge in [0.15, 0.2) is 12.1 Å². The van der Waals surface area contributed by atoms with Crippen molar-refractivity contribution in [2.45, 2.75) is 24.0 Å². The number of ether oxygens (including phenoxy) is 2. The molecule has 1 spiro atoms. The number of carbonyl (C=O) groups excluding carboxylic acids is 1. The number of aromatic nitrogens is 1. The first kappa shape index (κ1) is 16.2. The van der Waals surface area contributed by atoms with Gasteiger partial charge in [-0.25, -0.2) is 9.37 Å². The molecule has 25 heavy (non-hydrogen) atoms. The van der Waals surface area contributed by atoms with E-state index < -0.39 is 5.60 Å². The first-order chi connectivity index (χ1) is 12.1. The summed E-state index contributed by atoms with van der Waals surface area (Å²) in [6.07, 6.45) is 3.01. The molecule has 0 radical (unpaired) electrons. The van der Waals surface area contributed by atoms with E-state index in [4.69, 9.17) is 13.9 Å². The van der Waals surface area contributed by atoms with Crippen molar-refractivity contribution < 1.29 is 23.1 Å². The third-order valence-electron chi connectivity index (χ3n) is 5.14. The minimum atomic E-state index is -0.578. The van der Waals surface area contributed by atoms with Crippen LogP contribution in [0.1, 0.15) is 28.4 Å². The smallest absolute Gasteiger partial charge is 0.275 e. The van der Waals surface area contributed by atoms with Crippen molar-refractivity contribution >= 4 is 5.91 Å². The number of methoxy groups -OCH3 is 1. The summed E-state index contributed by atoms with van der Waals surface area (Å²) >= 11 is 0. The summed E-state index contributed by atoms with van der Waals surface area (Å²) in [6, 6.07) is 6.59. The van der Waals surface area contributed by atoms with E-state index in [1.54, 1.807) is 24.1 Å². The number of benzene rings is 1. The van der Waals surface area contributed by atoms with Gasteiger partial charge in [0.05, 0.1) is 19.7 Å². The molecule has 0 bridgehead atoms. The first-order valence-corrected chi connectivity index (χ1v) is 8.21. The maximum atomic E-state index is 13.5. The SMILES string of the molecule is CO[C@@H]1CN(C(=O)c2cocn2)C[C@]12C[C@H](c1cccc(F)c1)CO2. The number of hydrogen-bond donors (Lipinski definition) is 0. The molecule has 132 valence electrons. The summed E-state index contributed by atoms with van der Waals surface area (Å²) in [6.45, 7) is 1.33. The van der Waals surface area contributed by atoms with E-state index in [2.05, 4.69) is 4.98 Å². The van der Waals surface area contributed by atoms with Crippen LogP contribution in [-0.2, 0) is 9.47 Å². The zero-order valence-corrected chi connectivity index (χ0v) is 13.9. The van der Waals surface area contributed by atoms with Crippen LogP contribution in [0.5, 0.6) is 0 Å². The predicted octanol–water partition coefficient (Wildman–Crippen LogP) is 2.23. The van der Waals surface area contributed by atoms with Gasteiger partial charge < -0.3 is 18.8 Å². The molecule has 2 saturated heterocycles. The topological polar surface area (TPSA) is 64.8 Å². The Morgan fingerprint density at radius 3 is 3.08 bits per heavy atom. The Hall–Kier alpha value is -2.25. The van der Waals surface area contributed by atoms with Gasteiger partial charge in [-0.2, -0.15) is 0 Å². The van der Waals surface area contributed by atoms with Gasteiger partial charge in [0, 0.05) is 13.0 Å². The van der Waals surface area contributed by atoms with Crippen molar-refractivity contribution in [1.82, 2.24) is 9.88 Å². The Labute approximate surface area is 144 Å². The summed E-state index contributed by atoms with van der Waals surface area (Å²) in [4.78, 5) is 18.1. The van der Waals surface area contributed by atoms with Gasteiger partial charge in [-0.05, 0) is 24.1 Å². The van der Waals surface area contributed by atoms with E-state index in [0.29, 0.717) is 26.1 Å². The number of halogens is 1. The average molecular weight is 346 g/mol. The first-order valence-electron chi connectivity index (χ1n) is 8.21. The molecule has 0 saturated carbocycles. The van der Waals surface area contributed by atoms with Crippen LogP contribution in [-0.4, -0.2) is 54.3 Å². The van der Waals surface area contributed by atoms with Crippen LogP contribution in [0.15, 0.2) is 41.3 Å². The van der Waals surface area contributed by atoms with E-state index in [-0.39, 0.29) is 29.4 Å². The fraction of sp³-hybridized carbons (Fsp3) is 0.444. The van der Waals surface area contributed by atoms with E-state index in [1.165, 1.54) is 18.7 Å². The molecular weight excluding hydrogens is 327 g/mol. The summed E-state index contributed by atoms with van der Waals surface area (Å²) in [5.74, 6) is -0.378. The Bertz CT molecular complexity index is 766. The summed E-state index contributed by atoms with van der Waals surface area (Å²) in [5, 5.41) is 0. The van der Waals surface area contributed by atoms with Crippen molar-refractivity contribution in [1.29, 1.82) is 0 Å². The molecule has 3 atom stereocenters. The van der Waals surface area contributed by atoms with Crippen LogP contribution >= 0.6 is 0 Å². The molecular formula is C18H19FN2O4. The normalized spacial score (nSPS) is 28.8. The minimum Gasteiger partial charge on any atom is -0.451 e. The highest BCUT2D eigenvalue weighted by Gasteiger charge is 2.54. The van der Waals surface area contributed by atoms with Gasteiger partial charge in [-0.1, -0.05) is 12.1 Å². The monoisotopic (exact) mass is 346 g/mol. The van der Waals surface area contributed by atoms with Crippen molar-refractivity contribution in [2.24, 2.45) is 0 Å². The van der Waals surface area contributed by atoms with Crippen LogP contribution in [0.25, 0.3) is 0 Å². The lowest BCUT2D eigenvalue weighted by atomic mass is 9.87. The summed E-state index contributed by atoms with van der Waals surface area (Å²) in [7, 11) is 1.62. The van der Waals surface area contributed by atoms with E-state index >= 15 is 0 Å². The third-order valence-corrected chi connectivity index (χ3v) is 5.14. The summed E-state index contributed by atoms with van der Waals surface area (Å²) < 4.78 is 30.2. The van der Waals surface area contributed by atoms with Gasteiger partial charge in [0.2, 0.25) is 0 Å². The second-order valence-corrected chi connectivity index (χ2v) is 6.62. The Balaban J connectivity index is 1.54. The molecule has 0 aliphatic carbocycles. The lowest BCUT2D eigenvalue weighted by molar-refractivity contribution is -0.0755.